The standard InChI is InChI=1S/C24H27FN4O2/c1-18-23(16-26-29(18)21-8-6-20(25)7-9-21)24(30)28-13-3-12-27(14-15-28)17-19-4-10-22(31-2)11-5-19/h4-11,16H,3,12-15,17H2,1-2H3. The molecule has 1 aliphatic heterocycles. The molecule has 1 saturated heterocycles. The van der Waals surface area contributed by atoms with Crippen molar-refractivity contribution >= 4 is 5.91 Å². The van der Waals surface area contributed by atoms with Crippen molar-refractivity contribution in [3.8, 4) is 11.4 Å². The van der Waals surface area contributed by atoms with Gasteiger partial charge in [0.2, 0.25) is 0 Å². The largest absolute Gasteiger partial charge is 0.497 e. The summed E-state index contributed by atoms with van der Waals surface area (Å²) in [5.74, 6) is 0.554. The van der Waals surface area contributed by atoms with Gasteiger partial charge in [-0.15, -0.1) is 0 Å². The van der Waals surface area contributed by atoms with Gasteiger partial charge in [-0.2, -0.15) is 5.10 Å². The second-order valence-electron chi connectivity index (χ2n) is 7.80. The smallest absolute Gasteiger partial charge is 0.257 e. The van der Waals surface area contributed by atoms with E-state index in [-0.39, 0.29) is 11.7 Å². The summed E-state index contributed by atoms with van der Waals surface area (Å²) in [6.07, 6.45) is 2.54. The molecule has 1 aromatic heterocycles. The van der Waals surface area contributed by atoms with Crippen LogP contribution in [-0.2, 0) is 6.54 Å². The van der Waals surface area contributed by atoms with E-state index in [1.165, 1.54) is 17.7 Å². The highest BCUT2D eigenvalue weighted by Crippen LogP contribution is 2.18. The van der Waals surface area contributed by atoms with Crippen LogP contribution < -0.4 is 4.74 Å². The van der Waals surface area contributed by atoms with Crippen molar-refractivity contribution in [3.63, 3.8) is 0 Å². The predicted octanol–water partition coefficient (Wildman–Crippen LogP) is 3.68. The summed E-state index contributed by atoms with van der Waals surface area (Å²) in [5.41, 5.74) is 3.32. The highest BCUT2D eigenvalue weighted by molar-refractivity contribution is 5.95. The van der Waals surface area contributed by atoms with E-state index < -0.39 is 0 Å². The van der Waals surface area contributed by atoms with Gasteiger partial charge in [0, 0.05) is 32.7 Å². The summed E-state index contributed by atoms with van der Waals surface area (Å²) in [7, 11) is 1.67. The minimum Gasteiger partial charge on any atom is -0.497 e. The number of rotatable bonds is 5. The van der Waals surface area contributed by atoms with Crippen LogP contribution in [0.3, 0.4) is 0 Å². The van der Waals surface area contributed by atoms with Crippen LogP contribution in [0.4, 0.5) is 4.39 Å². The number of halogens is 1. The fraction of sp³-hybridized carbons (Fsp3) is 0.333. The lowest BCUT2D eigenvalue weighted by molar-refractivity contribution is 0.0760. The van der Waals surface area contributed by atoms with E-state index in [0.717, 1.165) is 49.7 Å². The molecule has 1 amide bonds. The summed E-state index contributed by atoms with van der Waals surface area (Å²) in [6.45, 7) is 5.90. The van der Waals surface area contributed by atoms with E-state index in [0.29, 0.717) is 12.1 Å². The van der Waals surface area contributed by atoms with Crippen molar-refractivity contribution in [2.45, 2.75) is 19.9 Å². The van der Waals surface area contributed by atoms with Crippen molar-refractivity contribution in [1.29, 1.82) is 0 Å². The van der Waals surface area contributed by atoms with Crippen LogP contribution in [-0.4, -0.2) is 58.8 Å². The monoisotopic (exact) mass is 422 g/mol. The Hall–Kier alpha value is -3.19. The lowest BCUT2D eigenvalue weighted by atomic mass is 10.2. The van der Waals surface area contributed by atoms with Crippen LogP contribution in [0.1, 0.15) is 28.0 Å². The van der Waals surface area contributed by atoms with E-state index in [9.17, 15) is 9.18 Å². The van der Waals surface area contributed by atoms with E-state index >= 15 is 0 Å². The number of methoxy groups -OCH3 is 1. The van der Waals surface area contributed by atoms with Crippen LogP contribution in [0.5, 0.6) is 5.75 Å². The van der Waals surface area contributed by atoms with Crippen LogP contribution in [0.15, 0.2) is 54.7 Å². The first kappa shape index (κ1) is 21.1. The predicted molar refractivity (Wildman–Crippen MR) is 117 cm³/mol. The van der Waals surface area contributed by atoms with E-state index in [4.69, 9.17) is 4.74 Å². The number of carbonyl (C=O) groups excluding carboxylic acids is 1. The van der Waals surface area contributed by atoms with Gasteiger partial charge in [-0.1, -0.05) is 12.1 Å². The molecule has 3 aromatic rings. The number of hydrogen-bond acceptors (Lipinski definition) is 4. The SMILES string of the molecule is COc1ccc(CN2CCCN(C(=O)c3cnn(-c4ccc(F)cc4)c3C)CC2)cc1. The molecule has 0 bridgehead atoms. The molecule has 2 heterocycles. The Morgan fingerprint density at radius 2 is 1.77 bits per heavy atom. The lowest BCUT2D eigenvalue weighted by Crippen LogP contribution is -2.35. The highest BCUT2D eigenvalue weighted by atomic mass is 19.1. The topological polar surface area (TPSA) is 50.6 Å². The molecule has 4 rings (SSSR count). The molecular formula is C24H27FN4O2. The van der Waals surface area contributed by atoms with Gasteiger partial charge in [0.05, 0.1) is 30.3 Å². The fourth-order valence-electron chi connectivity index (χ4n) is 3.95. The average Bonchev–Trinajstić information content (AvgIpc) is 3.01. The number of aromatic nitrogens is 2. The van der Waals surface area contributed by atoms with Gasteiger partial charge in [-0.05, 0) is 55.3 Å². The van der Waals surface area contributed by atoms with Crippen LogP contribution in [0.2, 0.25) is 0 Å². The first-order valence-corrected chi connectivity index (χ1v) is 10.5. The second-order valence-corrected chi connectivity index (χ2v) is 7.80. The van der Waals surface area contributed by atoms with Gasteiger partial charge in [0.15, 0.2) is 0 Å². The summed E-state index contributed by atoms with van der Waals surface area (Å²) >= 11 is 0. The van der Waals surface area contributed by atoms with Crippen molar-refractivity contribution in [2.75, 3.05) is 33.3 Å². The highest BCUT2D eigenvalue weighted by Gasteiger charge is 2.24. The van der Waals surface area contributed by atoms with Gasteiger partial charge >= 0.3 is 0 Å². The van der Waals surface area contributed by atoms with Crippen molar-refractivity contribution in [1.82, 2.24) is 19.6 Å². The van der Waals surface area contributed by atoms with Crippen molar-refractivity contribution < 1.29 is 13.9 Å². The molecule has 2 aromatic carbocycles. The van der Waals surface area contributed by atoms with E-state index in [2.05, 4.69) is 22.1 Å². The zero-order chi connectivity index (χ0) is 21.8. The maximum Gasteiger partial charge on any atom is 0.257 e. The molecular weight excluding hydrogens is 395 g/mol. The number of nitrogens with zero attached hydrogens (tertiary/aromatic N) is 4. The van der Waals surface area contributed by atoms with E-state index in [1.807, 2.05) is 24.0 Å². The number of ether oxygens (including phenoxy) is 1. The molecule has 0 aliphatic carbocycles. The molecule has 7 heteroatoms. The molecule has 0 radical (unpaired) electrons. The zero-order valence-corrected chi connectivity index (χ0v) is 17.9. The maximum atomic E-state index is 13.2. The fourth-order valence-corrected chi connectivity index (χ4v) is 3.95. The zero-order valence-electron chi connectivity index (χ0n) is 17.9. The number of amides is 1. The van der Waals surface area contributed by atoms with Crippen molar-refractivity contribution in [3.05, 3.63) is 77.4 Å². The average molecular weight is 423 g/mol. The van der Waals surface area contributed by atoms with Gasteiger partial charge in [0.25, 0.3) is 5.91 Å². The Labute approximate surface area is 181 Å². The first-order valence-electron chi connectivity index (χ1n) is 10.5. The quantitative estimate of drug-likeness (QED) is 0.630. The molecule has 0 N–H and O–H groups in total. The Morgan fingerprint density at radius 3 is 2.48 bits per heavy atom. The Balaban J connectivity index is 1.41. The first-order chi connectivity index (χ1) is 15.0. The van der Waals surface area contributed by atoms with Gasteiger partial charge in [-0.25, -0.2) is 9.07 Å². The third-order valence-corrected chi connectivity index (χ3v) is 5.75. The minimum atomic E-state index is -0.298. The molecule has 0 spiro atoms. The summed E-state index contributed by atoms with van der Waals surface area (Å²) in [6, 6.07) is 14.2. The summed E-state index contributed by atoms with van der Waals surface area (Å²) in [5, 5.41) is 4.37. The Bertz CT molecular complexity index is 1030. The summed E-state index contributed by atoms with van der Waals surface area (Å²) in [4.78, 5) is 17.5. The Kier molecular flexibility index (Phi) is 6.32. The number of carbonyl (C=O) groups is 1. The second kappa shape index (κ2) is 9.31. The van der Waals surface area contributed by atoms with Crippen molar-refractivity contribution in [2.24, 2.45) is 0 Å². The van der Waals surface area contributed by atoms with Gasteiger partial charge in [0.1, 0.15) is 11.6 Å². The molecule has 0 atom stereocenters. The molecule has 6 nitrogen and oxygen atoms in total. The maximum absolute atomic E-state index is 13.2. The molecule has 1 fully saturated rings. The van der Waals surface area contributed by atoms with Crippen LogP contribution >= 0.6 is 0 Å². The third kappa shape index (κ3) is 4.77. The Morgan fingerprint density at radius 1 is 1.03 bits per heavy atom. The normalized spacial score (nSPS) is 15.0. The lowest BCUT2D eigenvalue weighted by Gasteiger charge is -2.22. The summed E-state index contributed by atoms with van der Waals surface area (Å²) < 4.78 is 20.1. The molecule has 1 aliphatic rings. The number of hydrogen-bond donors (Lipinski definition) is 0. The molecule has 0 unspecified atom stereocenters. The molecule has 31 heavy (non-hydrogen) atoms. The third-order valence-electron chi connectivity index (χ3n) is 5.75. The molecule has 0 saturated carbocycles. The molecule has 162 valence electrons. The van der Waals surface area contributed by atoms with Crippen LogP contribution in [0, 0.1) is 12.7 Å². The number of benzene rings is 2. The van der Waals surface area contributed by atoms with Crippen LogP contribution in [0.25, 0.3) is 5.69 Å². The van der Waals surface area contributed by atoms with Gasteiger partial charge < -0.3 is 9.64 Å². The van der Waals surface area contributed by atoms with Gasteiger partial charge in [-0.3, -0.25) is 9.69 Å². The minimum absolute atomic E-state index is 0.00263. The van der Waals surface area contributed by atoms with E-state index in [1.54, 1.807) is 30.1 Å².